The minimum atomic E-state index is -0.0743. The minimum Gasteiger partial charge on any atom is -0.349 e. The van der Waals surface area contributed by atoms with Gasteiger partial charge in [-0.3, -0.25) is 4.79 Å². The van der Waals surface area contributed by atoms with E-state index in [0.717, 1.165) is 12.0 Å². The van der Waals surface area contributed by atoms with Gasteiger partial charge >= 0.3 is 0 Å². The molecule has 3 N–H and O–H groups in total. The number of amides is 1. The number of carbonyl (C=O) groups is 1. The van der Waals surface area contributed by atoms with E-state index in [-0.39, 0.29) is 11.9 Å². The Morgan fingerprint density at radius 1 is 1.33 bits per heavy atom. The highest BCUT2D eigenvalue weighted by atomic mass is 32.1. The van der Waals surface area contributed by atoms with Crippen molar-refractivity contribution in [3.63, 3.8) is 0 Å². The lowest BCUT2D eigenvalue weighted by molar-refractivity contribution is 0.0944. The quantitative estimate of drug-likeness (QED) is 0.852. The van der Waals surface area contributed by atoms with E-state index in [1.54, 1.807) is 0 Å². The first-order chi connectivity index (χ1) is 10.2. The van der Waals surface area contributed by atoms with Gasteiger partial charge in [-0.05, 0) is 30.4 Å². The fourth-order valence-corrected chi connectivity index (χ4v) is 2.79. The molecule has 1 aromatic heterocycles. The molecule has 0 radical (unpaired) electrons. The Labute approximate surface area is 129 Å². The topological polar surface area (TPSA) is 55.1 Å². The average molecular weight is 298 g/mol. The molecule has 1 amide bonds. The smallest absolute Gasteiger partial charge is 0.262 e. The van der Waals surface area contributed by atoms with Crippen LogP contribution in [-0.2, 0) is 6.42 Å². The molecule has 1 heterocycles. The van der Waals surface area contributed by atoms with Crippen LogP contribution in [-0.4, -0.2) is 18.5 Å². The molecule has 0 bridgehead atoms. The summed E-state index contributed by atoms with van der Waals surface area (Å²) in [6, 6.07) is 12.0. The van der Waals surface area contributed by atoms with Gasteiger partial charge in [0.2, 0.25) is 0 Å². The maximum Gasteiger partial charge on any atom is 0.262 e. The molecule has 0 saturated heterocycles. The van der Waals surface area contributed by atoms with Gasteiger partial charge in [-0.1, -0.05) is 42.2 Å². The van der Waals surface area contributed by atoms with Crippen molar-refractivity contribution in [2.45, 2.75) is 19.4 Å². The SMILES string of the molecule is CC(Cc1ccccc1)NC(=O)c1sccc1C#CCN. The molecule has 0 fully saturated rings. The molecule has 0 spiro atoms. The molecule has 1 aromatic carbocycles. The molecular formula is C17H18N2OS. The molecule has 108 valence electrons. The van der Waals surface area contributed by atoms with Gasteiger partial charge in [-0.2, -0.15) is 0 Å². The van der Waals surface area contributed by atoms with Gasteiger partial charge in [0.15, 0.2) is 0 Å². The first-order valence-electron chi connectivity index (χ1n) is 6.82. The predicted molar refractivity (Wildman–Crippen MR) is 87.3 cm³/mol. The van der Waals surface area contributed by atoms with Crippen molar-refractivity contribution in [1.29, 1.82) is 0 Å². The Hall–Kier alpha value is -2.09. The van der Waals surface area contributed by atoms with Crippen molar-refractivity contribution in [3.05, 3.63) is 57.8 Å². The molecule has 1 atom stereocenters. The van der Waals surface area contributed by atoms with Crippen LogP contribution < -0.4 is 11.1 Å². The van der Waals surface area contributed by atoms with Gasteiger partial charge in [0, 0.05) is 11.6 Å². The Bertz CT molecular complexity index is 652. The van der Waals surface area contributed by atoms with Crippen molar-refractivity contribution < 1.29 is 4.79 Å². The van der Waals surface area contributed by atoms with E-state index in [2.05, 4.69) is 29.3 Å². The van der Waals surface area contributed by atoms with Crippen LogP contribution in [0.3, 0.4) is 0 Å². The number of nitrogens with one attached hydrogen (secondary N) is 1. The molecule has 0 saturated carbocycles. The number of thiophene rings is 1. The van der Waals surface area contributed by atoms with Gasteiger partial charge in [-0.15, -0.1) is 11.3 Å². The molecule has 0 aliphatic carbocycles. The molecule has 3 nitrogen and oxygen atoms in total. The number of benzene rings is 1. The van der Waals surface area contributed by atoms with Crippen molar-refractivity contribution >= 4 is 17.2 Å². The van der Waals surface area contributed by atoms with Gasteiger partial charge in [-0.25, -0.2) is 0 Å². The third-order valence-corrected chi connectivity index (χ3v) is 3.87. The summed E-state index contributed by atoms with van der Waals surface area (Å²) in [6.45, 7) is 2.30. The summed E-state index contributed by atoms with van der Waals surface area (Å²) in [5.41, 5.74) is 7.32. The average Bonchev–Trinajstić information content (AvgIpc) is 2.94. The van der Waals surface area contributed by atoms with Crippen molar-refractivity contribution in [1.82, 2.24) is 5.32 Å². The van der Waals surface area contributed by atoms with Crippen LogP contribution in [0.2, 0.25) is 0 Å². The van der Waals surface area contributed by atoms with Gasteiger partial charge in [0.05, 0.1) is 6.54 Å². The van der Waals surface area contributed by atoms with Crippen LogP contribution in [0.15, 0.2) is 41.8 Å². The Morgan fingerprint density at radius 2 is 2.10 bits per heavy atom. The van der Waals surface area contributed by atoms with E-state index in [1.165, 1.54) is 16.9 Å². The summed E-state index contributed by atoms with van der Waals surface area (Å²) in [4.78, 5) is 12.9. The standard InChI is InChI=1S/C17H18N2OS/c1-13(12-14-6-3-2-4-7-14)19-17(20)16-15(8-5-10-18)9-11-21-16/h2-4,6-7,9,11,13H,10,12,18H2,1H3,(H,19,20). The maximum absolute atomic E-state index is 12.3. The first-order valence-corrected chi connectivity index (χ1v) is 7.70. The number of hydrogen-bond donors (Lipinski definition) is 2. The molecule has 1 unspecified atom stereocenters. The molecule has 0 aliphatic rings. The molecule has 21 heavy (non-hydrogen) atoms. The molecule has 2 rings (SSSR count). The van der Waals surface area contributed by atoms with E-state index >= 15 is 0 Å². The monoisotopic (exact) mass is 298 g/mol. The largest absolute Gasteiger partial charge is 0.349 e. The lowest BCUT2D eigenvalue weighted by atomic mass is 10.1. The van der Waals surface area contributed by atoms with E-state index < -0.39 is 0 Å². The second-order valence-electron chi connectivity index (χ2n) is 4.73. The Kier molecular flexibility index (Phi) is 5.56. The van der Waals surface area contributed by atoms with Crippen LogP contribution in [0, 0.1) is 11.8 Å². The summed E-state index contributed by atoms with van der Waals surface area (Å²) in [6.07, 6.45) is 0.807. The van der Waals surface area contributed by atoms with Gasteiger partial charge < -0.3 is 11.1 Å². The number of rotatable bonds is 4. The zero-order chi connectivity index (χ0) is 15.1. The molecular weight excluding hydrogens is 280 g/mol. The van der Waals surface area contributed by atoms with E-state index in [4.69, 9.17) is 5.73 Å². The molecule has 0 aliphatic heterocycles. The maximum atomic E-state index is 12.3. The fraction of sp³-hybridized carbons (Fsp3) is 0.235. The molecule has 2 aromatic rings. The summed E-state index contributed by atoms with van der Waals surface area (Å²) in [5.74, 6) is 5.64. The van der Waals surface area contributed by atoms with E-state index in [1.807, 2.05) is 36.6 Å². The highest BCUT2D eigenvalue weighted by molar-refractivity contribution is 7.12. The zero-order valence-electron chi connectivity index (χ0n) is 11.9. The number of carbonyl (C=O) groups excluding carboxylic acids is 1. The van der Waals surface area contributed by atoms with E-state index in [0.29, 0.717) is 11.4 Å². The summed E-state index contributed by atoms with van der Waals surface area (Å²) >= 11 is 1.40. The van der Waals surface area contributed by atoms with Crippen LogP contribution in [0.4, 0.5) is 0 Å². The Morgan fingerprint density at radius 3 is 2.81 bits per heavy atom. The highest BCUT2D eigenvalue weighted by Gasteiger charge is 2.14. The highest BCUT2D eigenvalue weighted by Crippen LogP contribution is 2.16. The van der Waals surface area contributed by atoms with Crippen molar-refractivity contribution in [3.8, 4) is 11.8 Å². The second kappa shape index (κ2) is 7.63. The lowest BCUT2D eigenvalue weighted by Gasteiger charge is -2.13. The number of nitrogens with two attached hydrogens (primary N) is 1. The predicted octanol–water partition coefficient (Wildman–Crippen LogP) is 2.42. The second-order valence-corrected chi connectivity index (χ2v) is 5.65. The van der Waals surface area contributed by atoms with E-state index in [9.17, 15) is 4.79 Å². The third-order valence-electron chi connectivity index (χ3n) is 2.96. The fourth-order valence-electron chi connectivity index (χ4n) is 2.04. The van der Waals surface area contributed by atoms with Crippen molar-refractivity contribution in [2.75, 3.05) is 6.54 Å². The van der Waals surface area contributed by atoms with Gasteiger partial charge in [0.25, 0.3) is 5.91 Å². The van der Waals surface area contributed by atoms with Crippen LogP contribution in [0.1, 0.15) is 27.7 Å². The third kappa shape index (κ3) is 4.45. The Balaban J connectivity index is 2.00. The summed E-state index contributed by atoms with van der Waals surface area (Å²) < 4.78 is 0. The summed E-state index contributed by atoms with van der Waals surface area (Å²) in [7, 11) is 0. The number of hydrogen-bond acceptors (Lipinski definition) is 3. The van der Waals surface area contributed by atoms with Crippen molar-refractivity contribution in [2.24, 2.45) is 5.73 Å². The van der Waals surface area contributed by atoms with Crippen LogP contribution in [0.5, 0.6) is 0 Å². The van der Waals surface area contributed by atoms with Crippen LogP contribution >= 0.6 is 11.3 Å². The minimum absolute atomic E-state index is 0.0670. The van der Waals surface area contributed by atoms with Gasteiger partial charge in [0.1, 0.15) is 4.88 Å². The molecule has 4 heteroatoms. The zero-order valence-corrected chi connectivity index (χ0v) is 12.7. The normalized spacial score (nSPS) is 11.3. The lowest BCUT2D eigenvalue weighted by Crippen LogP contribution is -2.33. The van der Waals surface area contributed by atoms with Crippen LogP contribution in [0.25, 0.3) is 0 Å². The summed E-state index contributed by atoms with van der Waals surface area (Å²) in [5, 5.41) is 4.89. The first kappa shape index (κ1) is 15.3.